The molecule has 0 radical (unpaired) electrons. The van der Waals surface area contributed by atoms with Gasteiger partial charge in [0, 0.05) is 16.8 Å². The molecule has 0 aromatic heterocycles. The molecule has 1 rings (SSSR count). The fraction of sp³-hybridized carbons (Fsp3) is 0.455. The van der Waals surface area contributed by atoms with Gasteiger partial charge in [-0.3, -0.25) is 0 Å². The van der Waals surface area contributed by atoms with E-state index in [2.05, 4.69) is 5.32 Å². The van der Waals surface area contributed by atoms with Gasteiger partial charge >= 0.3 is 0 Å². The summed E-state index contributed by atoms with van der Waals surface area (Å²) in [5, 5.41) is 3.92. The van der Waals surface area contributed by atoms with E-state index in [-0.39, 0.29) is 11.9 Å². The first kappa shape index (κ1) is 12.8. The minimum atomic E-state index is -0.238. The zero-order chi connectivity index (χ0) is 11.3. The minimum absolute atomic E-state index is 0.119. The molecule has 0 spiro atoms. The summed E-state index contributed by atoms with van der Waals surface area (Å²) in [7, 11) is 0. The fourth-order valence-corrected chi connectivity index (χ4v) is 2.33. The third-order valence-corrected chi connectivity index (χ3v) is 3.13. The molecule has 1 unspecified atom stereocenters. The van der Waals surface area contributed by atoms with E-state index in [0.717, 1.165) is 17.9 Å². The van der Waals surface area contributed by atoms with Gasteiger partial charge in [0.05, 0.1) is 0 Å². The molecule has 0 saturated heterocycles. The largest absolute Gasteiger partial charge is 0.309 e. The molecule has 1 N–H and O–H groups in total. The van der Waals surface area contributed by atoms with Gasteiger partial charge in [-0.1, -0.05) is 18.5 Å². The van der Waals surface area contributed by atoms with Crippen LogP contribution in [0.2, 0.25) is 5.02 Å². The molecule has 0 bridgehead atoms. The fourth-order valence-electron chi connectivity index (χ4n) is 1.45. The van der Waals surface area contributed by atoms with E-state index in [1.807, 2.05) is 13.2 Å². The maximum absolute atomic E-state index is 13.1. The number of benzene rings is 1. The van der Waals surface area contributed by atoms with Gasteiger partial charge in [-0.05, 0) is 36.6 Å². The summed E-state index contributed by atoms with van der Waals surface area (Å²) < 4.78 is 13.1. The normalized spacial score (nSPS) is 12.8. The van der Waals surface area contributed by atoms with Crippen molar-refractivity contribution in [1.29, 1.82) is 0 Å². The molecule has 1 aromatic rings. The summed E-state index contributed by atoms with van der Waals surface area (Å²) >= 11 is 7.76. The highest BCUT2D eigenvalue weighted by Gasteiger charge is 2.13. The maximum Gasteiger partial charge on any atom is 0.123 e. The molecule has 0 aliphatic carbocycles. The lowest BCUT2D eigenvalue weighted by Gasteiger charge is -2.18. The second-order valence-corrected chi connectivity index (χ2v) is 4.55. The zero-order valence-corrected chi connectivity index (χ0v) is 10.5. The number of rotatable bonds is 5. The van der Waals surface area contributed by atoms with Crippen LogP contribution in [0.3, 0.4) is 0 Å². The van der Waals surface area contributed by atoms with E-state index >= 15 is 0 Å². The Morgan fingerprint density at radius 3 is 2.87 bits per heavy atom. The summed E-state index contributed by atoms with van der Waals surface area (Å²) in [5.41, 5.74) is 0.841. The molecule has 15 heavy (non-hydrogen) atoms. The number of halogens is 2. The monoisotopic (exact) mass is 247 g/mol. The van der Waals surface area contributed by atoms with Crippen LogP contribution >= 0.6 is 23.4 Å². The van der Waals surface area contributed by atoms with Gasteiger partial charge in [0.25, 0.3) is 0 Å². The molecule has 1 atom stereocenters. The molecule has 0 heterocycles. The first-order chi connectivity index (χ1) is 7.19. The maximum atomic E-state index is 13.1. The summed E-state index contributed by atoms with van der Waals surface area (Å²) in [6.45, 7) is 2.87. The van der Waals surface area contributed by atoms with Gasteiger partial charge < -0.3 is 5.32 Å². The Labute approximate surface area is 99.4 Å². The highest BCUT2D eigenvalue weighted by Crippen LogP contribution is 2.25. The van der Waals surface area contributed by atoms with Gasteiger partial charge in [-0.25, -0.2) is 4.39 Å². The van der Waals surface area contributed by atoms with Crippen LogP contribution < -0.4 is 5.32 Å². The number of hydrogen-bond acceptors (Lipinski definition) is 2. The molecule has 84 valence electrons. The van der Waals surface area contributed by atoms with E-state index in [1.54, 1.807) is 17.8 Å². The highest BCUT2D eigenvalue weighted by molar-refractivity contribution is 7.98. The van der Waals surface area contributed by atoms with Crippen molar-refractivity contribution in [3.05, 3.63) is 34.6 Å². The van der Waals surface area contributed by atoms with Crippen LogP contribution in [0.1, 0.15) is 18.5 Å². The van der Waals surface area contributed by atoms with E-state index in [0.29, 0.717) is 5.02 Å². The van der Waals surface area contributed by atoms with E-state index in [1.165, 1.54) is 12.1 Å². The summed E-state index contributed by atoms with van der Waals surface area (Å²) in [4.78, 5) is 0. The van der Waals surface area contributed by atoms with Crippen LogP contribution in [0.5, 0.6) is 0 Å². The van der Waals surface area contributed by atoms with Gasteiger partial charge in [0.2, 0.25) is 0 Å². The van der Waals surface area contributed by atoms with Crippen LogP contribution in [0.4, 0.5) is 4.39 Å². The lowest BCUT2D eigenvalue weighted by Crippen LogP contribution is -2.23. The standard InChI is InChI=1S/C11H15ClFNS/c1-3-14-11(7-15-2)9-6-8(13)4-5-10(9)12/h4-6,11,14H,3,7H2,1-2H3. The average Bonchev–Trinajstić information content (AvgIpc) is 2.21. The van der Waals surface area contributed by atoms with Crippen molar-refractivity contribution in [2.24, 2.45) is 0 Å². The Hall–Kier alpha value is -0.250. The first-order valence-corrected chi connectivity index (χ1v) is 6.63. The SMILES string of the molecule is CCNC(CSC)c1cc(F)ccc1Cl. The molecule has 4 heteroatoms. The summed E-state index contributed by atoms with van der Waals surface area (Å²) in [5.74, 6) is 0.648. The van der Waals surface area contributed by atoms with Gasteiger partial charge in [-0.2, -0.15) is 11.8 Å². The Morgan fingerprint density at radius 2 is 2.27 bits per heavy atom. The predicted molar refractivity (Wildman–Crippen MR) is 66.2 cm³/mol. The van der Waals surface area contributed by atoms with Crippen molar-refractivity contribution in [2.45, 2.75) is 13.0 Å². The van der Waals surface area contributed by atoms with Crippen molar-refractivity contribution < 1.29 is 4.39 Å². The minimum Gasteiger partial charge on any atom is -0.309 e. The van der Waals surface area contributed by atoms with Gasteiger partial charge in [0.1, 0.15) is 5.82 Å². The smallest absolute Gasteiger partial charge is 0.123 e. The second-order valence-electron chi connectivity index (χ2n) is 3.23. The third-order valence-electron chi connectivity index (χ3n) is 2.12. The number of hydrogen-bond donors (Lipinski definition) is 1. The Balaban J connectivity index is 2.93. The molecule has 0 aliphatic rings. The number of nitrogens with one attached hydrogen (secondary N) is 1. The second kappa shape index (κ2) is 6.36. The van der Waals surface area contributed by atoms with Gasteiger partial charge in [-0.15, -0.1) is 0 Å². The van der Waals surface area contributed by atoms with Crippen LogP contribution in [0, 0.1) is 5.82 Å². The van der Waals surface area contributed by atoms with E-state index in [4.69, 9.17) is 11.6 Å². The van der Waals surface area contributed by atoms with Crippen LogP contribution in [0.15, 0.2) is 18.2 Å². The van der Waals surface area contributed by atoms with E-state index in [9.17, 15) is 4.39 Å². The van der Waals surface area contributed by atoms with Crippen molar-refractivity contribution in [3.8, 4) is 0 Å². The number of thioether (sulfide) groups is 1. The molecule has 0 aliphatic heterocycles. The van der Waals surface area contributed by atoms with E-state index < -0.39 is 0 Å². The molecular formula is C11H15ClFNS. The first-order valence-electron chi connectivity index (χ1n) is 4.86. The van der Waals surface area contributed by atoms with Crippen molar-refractivity contribution in [3.63, 3.8) is 0 Å². The predicted octanol–water partition coefficient (Wildman–Crippen LogP) is 3.49. The van der Waals surface area contributed by atoms with Crippen molar-refractivity contribution in [2.75, 3.05) is 18.6 Å². The Bertz CT molecular complexity index is 313. The van der Waals surface area contributed by atoms with Crippen LogP contribution in [-0.4, -0.2) is 18.6 Å². The molecule has 0 amide bonds. The Morgan fingerprint density at radius 1 is 1.53 bits per heavy atom. The molecular weight excluding hydrogens is 233 g/mol. The topological polar surface area (TPSA) is 12.0 Å². The molecule has 1 nitrogen and oxygen atoms in total. The molecule has 0 fully saturated rings. The summed E-state index contributed by atoms with van der Waals surface area (Å²) in [6, 6.07) is 4.62. The van der Waals surface area contributed by atoms with Gasteiger partial charge in [0.15, 0.2) is 0 Å². The lowest BCUT2D eigenvalue weighted by molar-refractivity contribution is 0.589. The molecule has 1 aromatic carbocycles. The zero-order valence-electron chi connectivity index (χ0n) is 8.89. The van der Waals surface area contributed by atoms with Crippen molar-refractivity contribution in [1.82, 2.24) is 5.32 Å². The quantitative estimate of drug-likeness (QED) is 0.855. The molecule has 0 saturated carbocycles. The summed E-state index contributed by atoms with van der Waals surface area (Å²) in [6.07, 6.45) is 2.03. The Kier molecular flexibility index (Phi) is 5.43. The lowest BCUT2D eigenvalue weighted by atomic mass is 10.1. The van der Waals surface area contributed by atoms with Crippen LogP contribution in [0.25, 0.3) is 0 Å². The van der Waals surface area contributed by atoms with Crippen LogP contribution in [-0.2, 0) is 0 Å². The third kappa shape index (κ3) is 3.67. The highest BCUT2D eigenvalue weighted by atomic mass is 35.5. The van der Waals surface area contributed by atoms with Crippen molar-refractivity contribution >= 4 is 23.4 Å². The average molecular weight is 248 g/mol.